The quantitative estimate of drug-likeness (QED) is 0.591. The molecule has 0 aromatic carbocycles. The molecule has 68 valence electrons. The first-order chi connectivity index (χ1) is 5.26. The molecule has 0 saturated carbocycles. The third-order valence-electron chi connectivity index (χ3n) is 1.13. The smallest absolute Gasteiger partial charge is 0.185 e. The van der Waals surface area contributed by atoms with Crippen LogP contribution >= 0.6 is 0 Å². The summed E-state index contributed by atoms with van der Waals surface area (Å²) in [5, 5.41) is 8.95. The van der Waals surface area contributed by atoms with E-state index in [1.807, 2.05) is 0 Å². The van der Waals surface area contributed by atoms with Crippen LogP contribution < -0.4 is 0 Å². The van der Waals surface area contributed by atoms with Gasteiger partial charge < -0.3 is 14.6 Å². The van der Waals surface area contributed by atoms with E-state index in [4.69, 9.17) is 14.6 Å². The molecule has 0 rings (SSSR count). The summed E-state index contributed by atoms with van der Waals surface area (Å²) in [7, 11) is 0. The fraction of sp³-hybridized carbons (Fsp3) is 1.00. The minimum atomic E-state index is -1.17. The molecule has 0 aliphatic rings. The molecule has 1 N–H and O–H groups in total. The average Bonchev–Trinajstić information content (AvgIpc) is 2.03. The van der Waals surface area contributed by atoms with Gasteiger partial charge in [-0.05, 0) is 13.8 Å². The molecule has 0 saturated heterocycles. The van der Waals surface area contributed by atoms with Gasteiger partial charge >= 0.3 is 0 Å². The van der Waals surface area contributed by atoms with Crippen LogP contribution in [0.4, 0.5) is 4.39 Å². The highest BCUT2D eigenvalue weighted by molar-refractivity contribution is 4.57. The van der Waals surface area contributed by atoms with E-state index in [1.54, 1.807) is 13.8 Å². The molecule has 3 nitrogen and oxygen atoms in total. The predicted octanol–water partition coefficient (Wildman–Crippen LogP) is 0.716. The predicted molar refractivity (Wildman–Crippen MR) is 39.0 cm³/mol. The molecule has 0 amide bonds. The standard InChI is InChI=1S/C7H15FO3/c1-3-10-7(11-4-2)6(9)5-8/h6-7,9H,3-5H2,1-2H3/t6-/m1/s1. The van der Waals surface area contributed by atoms with E-state index in [2.05, 4.69) is 0 Å². The molecule has 0 aliphatic heterocycles. The number of aliphatic hydroxyl groups excluding tert-OH is 1. The number of aliphatic hydroxyl groups is 1. The second-order valence-corrected chi connectivity index (χ2v) is 2.00. The maximum Gasteiger partial charge on any atom is 0.185 e. The van der Waals surface area contributed by atoms with Gasteiger partial charge in [-0.2, -0.15) is 0 Å². The zero-order chi connectivity index (χ0) is 8.69. The molecule has 1 atom stereocenters. The highest BCUT2D eigenvalue weighted by atomic mass is 19.1. The van der Waals surface area contributed by atoms with Crippen molar-refractivity contribution in [1.29, 1.82) is 0 Å². The molecule has 0 heterocycles. The summed E-state index contributed by atoms with van der Waals surface area (Å²) in [5.74, 6) is 0. The van der Waals surface area contributed by atoms with Crippen LogP contribution in [0.1, 0.15) is 13.8 Å². The lowest BCUT2D eigenvalue weighted by Crippen LogP contribution is -2.33. The lowest BCUT2D eigenvalue weighted by Gasteiger charge is -2.19. The third kappa shape index (κ3) is 4.29. The fourth-order valence-corrected chi connectivity index (χ4v) is 0.672. The Hall–Kier alpha value is -0.190. The Bertz CT molecular complexity index is 83.8. The number of halogens is 1. The van der Waals surface area contributed by atoms with Gasteiger partial charge in [-0.3, -0.25) is 0 Å². The summed E-state index contributed by atoms with van der Waals surface area (Å²) in [6.45, 7) is 3.49. The van der Waals surface area contributed by atoms with Gasteiger partial charge in [0.25, 0.3) is 0 Å². The van der Waals surface area contributed by atoms with Gasteiger partial charge in [-0.1, -0.05) is 0 Å². The third-order valence-corrected chi connectivity index (χ3v) is 1.13. The molecule has 0 radical (unpaired) electrons. The van der Waals surface area contributed by atoms with Crippen molar-refractivity contribution in [3.8, 4) is 0 Å². The van der Waals surface area contributed by atoms with E-state index in [-0.39, 0.29) is 0 Å². The summed E-state index contributed by atoms with van der Waals surface area (Å²) < 4.78 is 21.7. The van der Waals surface area contributed by atoms with Crippen molar-refractivity contribution in [3.63, 3.8) is 0 Å². The van der Waals surface area contributed by atoms with E-state index in [0.717, 1.165) is 0 Å². The van der Waals surface area contributed by atoms with Crippen molar-refractivity contribution in [3.05, 3.63) is 0 Å². The second-order valence-electron chi connectivity index (χ2n) is 2.00. The van der Waals surface area contributed by atoms with Crippen LogP contribution in [0.2, 0.25) is 0 Å². The van der Waals surface area contributed by atoms with Crippen molar-refractivity contribution in [2.24, 2.45) is 0 Å². The largest absolute Gasteiger partial charge is 0.385 e. The van der Waals surface area contributed by atoms with Gasteiger partial charge in [0.15, 0.2) is 6.29 Å². The van der Waals surface area contributed by atoms with Crippen LogP contribution in [0, 0.1) is 0 Å². The van der Waals surface area contributed by atoms with E-state index in [1.165, 1.54) is 0 Å². The zero-order valence-corrected chi connectivity index (χ0v) is 6.92. The first kappa shape index (κ1) is 10.8. The van der Waals surface area contributed by atoms with Crippen LogP contribution in [0.5, 0.6) is 0 Å². The Morgan fingerprint density at radius 3 is 2.00 bits per heavy atom. The molecule has 11 heavy (non-hydrogen) atoms. The van der Waals surface area contributed by atoms with Crippen LogP contribution in [-0.2, 0) is 9.47 Å². The van der Waals surface area contributed by atoms with Gasteiger partial charge in [0.1, 0.15) is 12.8 Å². The Labute approximate surface area is 66.1 Å². The molecular weight excluding hydrogens is 151 g/mol. The lowest BCUT2D eigenvalue weighted by molar-refractivity contribution is -0.192. The number of alkyl halides is 1. The molecule has 0 spiro atoms. The van der Waals surface area contributed by atoms with Crippen molar-refractivity contribution in [2.45, 2.75) is 26.2 Å². The summed E-state index contributed by atoms with van der Waals surface area (Å²) in [6, 6.07) is 0. The van der Waals surface area contributed by atoms with Gasteiger partial charge in [0.2, 0.25) is 0 Å². The monoisotopic (exact) mass is 166 g/mol. The lowest BCUT2D eigenvalue weighted by atomic mass is 10.4. The highest BCUT2D eigenvalue weighted by Crippen LogP contribution is 2.02. The van der Waals surface area contributed by atoms with Crippen molar-refractivity contribution in [1.82, 2.24) is 0 Å². The maximum atomic E-state index is 11.9. The molecule has 4 heteroatoms. The van der Waals surface area contributed by atoms with Crippen molar-refractivity contribution >= 4 is 0 Å². The first-order valence-electron chi connectivity index (χ1n) is 3.73. The Balaban J connectivity index is 3.66. The Morgan fingerprint density at radius 1 is 1.27 bits per heavy atom. The zero-order valence-electron chi connectivity index (χ0n) is 6.92. The SMILES string of the molecule is CCOC(OCC)[C@H](O)CF. The Morgan fingerprint density at radius 2 is 1.73 bits per heavy atom. The van der Waals surface area contributed by atoms with Crippen LogP contribution in [0.15, 0.2) is 0 Å². The number of rotatable bonds is 6. The van der Waals surface area contributed by atoms with E-state index in [0.29, 0.717) is 13.2 Å². The van der Waals surface area contributed by atoms with Gasteiger partial charge in [-0.25, -0.2) is 4.39 Å². The van der Waals surface area contributed by atoms with Crippen molar-refractivity contribution in [2.75, 3.05) is 19.9 Å². The number of ether oxygens (including phenoxy) is 2. The summed E-state index contributed by atoms with van der Waals surface area (Å²) in [6.07, 6.45) is -2.00. The number of hydrogen-bond acceptors (Lipinski definition) is 3. The molecule has 0 aromatic heterocycles. The minimum absolute atomic E-state index is 0.404. The normalized spacial score (nSPS) is 13.9. The summed E-state index contributed by atoms with van der Waals surface area (Å²) >= 11 is 0. The minimum Gasteiger partial charge on any atom is -0.385 e. The average molecular weight is 166 g/mol. The second kappa shape index (κ2) is 6.52. The van der Waals surface area contributed by atoms with Crippen LogP contribution in [0.25, 0.3) is 0 Å². The molecule has 0 bridgehead atoms. The summed E-state index contributed by atoms with van der Waals surface area (Å²) in [5.41, 5.74) is 0. The van der Waals surface area contributed by atoms with E-state index >= 15 is 0 Å². The fourth-order valence-electron chi connectivity index (χ4n) is 0.672. The molecule has 0 aromatic rings. The molecule has 0 fully saturated rings. The molecular formula is C7H15FO3. The van der Waals surface area contributed by atoms with Gasteiger partial charge in [0.05, 0.1) is 0 Å². The number of hydrogen-bond donors (Lipinski definition) is 1. The first-order valence-corrected chi connectivity index (χ1v) is 3.73. The van der Waals surface area contributed by atoms with Gasteiger partial charge in [0, 0.05) is 13.2 Å². The summed E-state index contributed by atoms with van der Waals surface area (Å²) in [4.78, 5) is 0. The topological polar surface area (TPSA) is 38.7 Å². The molecule has 0 aliphatic carbocycles. The maximum absolute atomic E-state index is 11.9. The van der Waals surface area contributed by atoms with Crippen LogP contribution in [-0.4, -0.2) is 37.4 Å². The van der Waals surface area contributed by atoms with Crippen molar-refractivity contribution < 1.29 is 19.0 Å². The van der Waals surface area contributed by atoms with E-state index in [9.17, 15) is 4.39 Å². The molecule has 0 unspecified atom stereocenters. The van der Waals surface area contributed by atoms with E-state index < -0.39 is 19.1 Å². The van der Waals surface area contributed by atoms with Crippen LogP contribution in [0.3, 0.4) is 0 Å². The Kier molecular flexibility index (Phi) is 6.40. The van der Waals surface area contributed by atoms with Gasteiger partial charge in [-0.15, -0.1) is 0 Å². The highest BCUT2D eigenvalue weighted by Gasteiger charge is 2.18.